The molecule has 0 aromatic heterocycles. The van der Waals surface area contributed by atoms with Crippen LogP contribution in [0.15, 0.2) is 24.3 Å². The van der Waals surface area contributed by atoms with Crippen molar-refractivity contribution < 1.29 is 34.1 Å². The molecule has 0 fully saturated rings. The van der Waals surface area contributed by atoms with Gasteiger partial charge in [-0.05, 0) is 45.4 Å². The van der Waals surface area contributed by atoms with Gasteiger partial charge in [0.05, 0.1) is 0 Å². The summed E-state index contributed by atoms with van der Waals surface area (Å²) < 4.78 is 5.18. The molecule has 0 radical (unpaired) electrons. The Morgan fingerprint density at radius 2 is 1.62 bits per heavy atom. The smallest absolute Gasteiger partial charge is 0.408 e. The van der Waals surface area contributed by atoms with E-state index in [0.29, 0.717) is 5.56 Å². The quantitative estimate of drug-likeness (QED) is 0.420. The number of hydrogen-bond donors (Lipinski definition) is 5. The summed E-state index contributed by atoms with van der Waals surface area (Å²) >= 11 is 0. The van der Waals surface area contributed by atoms with Gasteiger partial charge in [-0.1, -0.05) is 12.1 Å². The molecule has 0 saturated heterocycles. The zero-order valence-electron chi connectivity index (χ0n) is 16.8. The highest BCUT2D eigenvalue weighted by atomic mass is 16.6. The van der Waals surface area contributed by atoms with Gasteiger partial charge in [-0.15, -0.1) is 0 Å². The molecule has 0 aliphatic rings. The maximum absolute atomic E-state index is 12.6. The Bertz CT molecular complexity index is 741. The van der Waals surface area contributed by atoms with Crippen molar-refractivity contribution >= 4 is 23.9 Å². The minimum absolute atomic E-state index is 0.0542. The Hall–Kier alpha value is -3.30. The summed E-state index contributed by atoms with van der Waals surface area (Å²) in [5.74, 6) is -2.49. The largest absolute Gasteiger partial charge is 0.508 e. The molecule has 29 heavy (non-hydrogen) atoms. The molecule has 0 bridgehead atoms. The van der Waals surface area contributed by atoms with Gasteiger partial charge in [0, 0.05) is 6.42 Å². The Morgan fingerprint density at radius 1 is 1.03 bits per heavy atom. The number of ether oxygens (including phenoxy) is 1. The molecular formula is C19H27N3O7. The molecule has 1 aromatic rings. The lowest BCUT2D eigenvalue weighted by molar-refractivity contribution is -0.138. The van der Waals surface area contributed by atoms with Crippen LogP contribution in [0.5, 0.6) is 5.75 Å². The van der Waals surface area contributed by atoms with Crippen LogP contribution < -0.4 is 16.0 Å². The monoisotopic (exact) mass is 409 g/mol. The Labute approximate surface area is 168 Å². The van der Waals surface area contributed by atoms with E-state index >= 15 is 0 Å². The molecule has 0 spiro atoms. The number of carboxylic acids is 1. The number of carbonyl (C=O) groups is 4. The van der Waals surface area contributed by atoms with Crippen molar-refractivity contribution in [3.05, 3.63) is 29.8 Å². The van der Waals surface area contributed by atoms with Gasteiger partial charge in [-0.25, -0.2) is 4.79 Å². The molecule has 160 valence electrons. The molecule has 1 unspecified atom stereocenters. The lowest BCUT2D eigenvalue weighted by Gasteiger charge is -2.24. The first-order valence-corrected chi connectivity index (χ1v) is 8.94. The van der Waals surface area contributed by atoms with E-state index < -0.39 is 48.1 Å². The molecule has 10 nitrogen and oxygen atoms in total. The van der Waals surface area contributed by atoms with Crippen LogP contribution in [0.1, 0.15) is 33.3 Å². The number of hydrogen-bond acceptors (Lipinski definition) is 6. The van der Waals surface area contributed by atoms with Gasteiger partial charge in [0.2, 0.25) is 11.8 Å². The number of phenols is 1. The maximum Gasteiger partial charge on any atom is 0.408 e. The predicted molar refractivity (Wildman–Crippen MR) is 103 cm³/mol. The van der Waals surface area contributed by atoms with Crippen LogP contribution in [0.3, 0.4) is 0 Å². The SMILES string of the molecule is C[C@@H](NC(=O)C(Cc1ccc(O)cc1)NC(=O)OC(C)(C)C)C(=O)NCC(=O)O. The van der Waals surface area contributed by atoms with Crippen LogP contribution in [-0.4, -0.2) is 58.3 Å². The second kappa shape index (κ2) is 10.3. The van der Waals surface area contributed by atoms with E-state index in [0.717, 1.165) is 0 Å². The third kappa shape index (κ3) is 9.45. The van der Waals surface area contributed by atoms with Gasteiger partial charge in [0.1, 0.15) is 30.0 Å². The summed E-state index contributed by atoms with van der Waals surface area (Å²) in [5, 5.41) is 25.1. The van der Waals surface area contributed by atoms with Gasteiger partial charge in [-0.3, -0.25) is 14.4 Å². The van der Waals surface area contributed by atoms with E-state index in [2.05, 4.69) is 16.0 Å². The molecule has 0 aliphatic heterocycles. The maximum atomic E-state index is 12.6. The number of benzene rings is 1. The molecule has 2 atom stereocenters. The molecule has 3 amide bonds. The number of nitrogens with one attached hydrogen (secondary N) is 3. The van der Waals surface area contributed by atoms with Crippen molar-refractivity contribution in [2.75, 3.05) is 6.54 Å². The molecular weight excluding hydrogens is 382 g/mol. The lowest BCUT2D eigenvalue weighted by atomic mass is 10.0. The third-order valence-corrected chi connectivity index (χ3v) is 3.55. The second-order valence-corrected chi connectivity index (χ2v) is 7.41. The number of aromatic hydroxyl groups is 1. The van der Waals surface area contributed by atoms with Crippen molar-refractivity contribution in [3.63, 3.8) is 0 Å². The van der Waals surface area contributed by atoms with Gasteiger partial charge in [0.25, 0.3) is 0 Å². The molecule has 1 aromatic carbocycles. The molecule has 5 N–H and O–H groups in total. The minimum atomic E-state index is -1.21. The molecule has 10 heteroatoms. The van der Waals surface area contributed by atoms with Crippen molar-refractivity contribution in [2.45, 2.75) is 51.8 Å². The van der Waals surface area contributed by atoms with Crippen molar-refractivity contribution in [2.24, 2.45) is 0 Å². The number of amides is 3. The van der Waals surface area contributed by atoms with Crippen LogP contribution in [0.2, 0.25) is 0 Å². The first kappa shape index (κ1) is 23.7. The Morgan fingerprint density at radius 3 is 2.14 bits per heavy atom. The number of carbonyl (C=O) groups excluding carboxylic acids is 3. The topological polar surface area (TPSA) is 154 Å². The number of rotatable bonds is 8. The Balaban J connectivity index is 2.86. The molecule has 0 heterocycles. The summed E-state index contributed by atoms with van der Waals surface area (Å²) in [5.41, 5.74) is -0.116. The highest BCUT2D eigenvalue weighted by molar-refractivity contribution is 5.92. The zero-order chi connectivity index (χ0) is 22.2. The predicted octanol–water partition coefficient (Wildman–Crippen LogP) is 0.534. The fourth-order valence-corrected chi connectivity index (χ4v) is 2.22. The first-order chi connectivity index (χ1) is 13.4. The molecule has 0 saturated carbocycles. The number of phenolic OH excluding ortho intramolecular Hbond substituents is 1. The average molecular weight is 409 g/mol. The highest BCUT2D eigenvalue weighted by Crippen LogP contribution is 2.12. The number of carboxylic acid groups (broad SMARTS) is 1. The van der Waals surface area contributed by atoms with E-state index in [1.807, 2.05) is 0 Å². The fraction of sp³-hybridized carbons (Fsp3) is 0.474. The van der Waals surface area contributed by atoms with Crippen LogP contribution in [-0.2, 0) is 25.5 Å². The van der Waals surface area contributed by atoms with Crippen LogP contribution in [0.4, 0.5) is 4.79 Å². The zero-order valence-corrected chi connectivity index (χ0v) is 16.8. The fourth-order valence-electron chi connectivity index (χ4n) is 2.22. The van der Waals surface area contributed by atoms with Crippen LogP contribution in [0, 0.1) is 0 Å². The van der Waals surface area contributed by atoms with E-state index in [4.69, 9.17) is 9.84 Å². The van der Waals surface area contributed by atoms with E-state index in [1.54, 1.807) is 32.9 Å². The molecule has 1 rings (SSSR count). The minimum Gasteiger partial charge on any atom is -0.508 e. The average Bonchev–Trinajstić information content (AvgIpc) is 2.59. The van der Waals surface area contributed by atoms with Gasteiger partial charge >= 0.3 is 12.1 Å². The summed E-state index contributed by atoms with van der Waals surface area (Å²) in [6.07, 6.45) is -0.728. The van der Waals surface area contributed by atoms with E-state index in [1.165, 1.54) is 19.1 Å². The lowest BCUT2D eigenvalue weighted by Crippen LogP contribution is -2.54. The number of aliphatic carboxylic acids is 1. The summed E-state index contributed by atoms with van der Waals surface area (Å²) in [6, 6.07) is 3.98. The normalized spacial score (nSPS) is 13.0. The van der Waals surface area contributed by atoms with Gasteiger partial charge in [-0.2, -0.15) is 0 Å². The van der Waals surface area contributed by atoms with Crippen LogP contribution >= 0.6 is 0 Å². The van der Waals surface area contributed by atoms with E-state index in [9.17, 15) is 24.3 Å². The summed E-state index contributed by atoms with van der Waals surface area (Å²) in [6.45, 7) is 5.84. The second-order valence-electron chi connectivity index (χ2n) is 7.41. The van der Waals surface area contributed by atoms with Crippen molar-refractivity contribution in [1.29, 1.82) is 0 Å². The highest BCUT2D eigenvalue weighted by Gasteiger charge is 2.27. The standard InChI is InChI=1S/C19H27N3O7/c1-11(16(26)20-10-15(24)25)21-17(27)14(22-18(28)29-19(2,3)4)9-12-5-7-13(23)8-6-12/h5-8,11,14,23H,9-10H2,1-4H3,(H,20,26)(H,21,27)(H,22,28)(H,24,25)/t11-,14?/m1/s1. The van der Waals surface area contributed by atoms with Gasteiger partial charge in [0.15, 0.2) is 0 Å². The van der Waals surface area contributed by atoms with Crippen molar-refractivity contribution in [1.82, 2.24) is 16.0 Å². The van der Waals surface area contributed by atoms with Crippen LogP contribution in [0.25, 0.3) is 0 Å². The third-order valence-electron chi connectivity index (χ3n) is 3.55. The van der Waals surface area contributed by atoms with E-state index in [-0.39, 0.29) is 12.2 Å². The molecule has 0 aliphatic carbocycles. The van der Waals surface area contributed by atoms with Gasteiger partial charge < -0.3 is 30.9 Å². The Kier molecular flexibility index (Phi) is 8.43. The first-order valence-electron chi connectivity index (χ1n) is 8.94. The summed E-state index contributed by atoms with van der Waals surface area (Å²) in [4.78, 5) is 47.2. The summed E-state index contributed by atoms with van der Waals surface area (Å²) in [7, 11) is 0. The number of alkyl carbamates (subject to hydrolysis) is 1. The van der Waals surface area contributed by atoms with Crippen molar-refractivity contribution in [3.8, 4) is 5.75 Å².